The zero-order chi connectivity index (χ0) is 29.6. The number of aliphatic hydroxyl groups is 3. The molecular formula is C24H54O13P-3. The van der Waals surface area contributed by atoms with Gasteiger partial charge in [0.05, 0.1) is 79.3 Å². The predicted octanol–water partition coefficient (Wildman–Crippen LogP) is -0.389. The van der Waals surface area contributed by atoms with E-state index in [0.29, 0.717) is 59.5 Å². The molecule has 0 heterocycles. The van der Waals surface area contributed by atoms with Gasteiger partial charge in [-0.25, -0.2) is 0 Å². The Morgan fingerprint density at radius 1 is 0.447 bits per heavy atom. The summed E-state index contributed by atoms with van der Waals surface area (Å²) in [4.78, 5) is 25.6. The predicted molar refractivity (Wildman–Crippen MR) is 139 cm³/mol. The number of hydrogen-bond acceptors (Lipinski definition) is 13. The average Bonchev–Trinajstić information content (AvgIpc) is 2.87. The molecule has 0 aromatic heterocycles. The molecule has 0 radical (unpaired) electrons. The Morgan fingerprint density at radius 2 is 0.632 bits per heavy atom. The minimum Gasteiger partial charge on any atom is -0.822 e. The van der Waals surface area contributed by atoms with Gasteiger partial charge in [-0.2, -0.15) is 7.82 Å². The lowest BCUT2D eigenvalue weighted by Crippen LogP contribution is -2.24. The molecule has 0 aliphatic rings. The van der Waals surface area contributed by atoms with Gasteiger partial charge in [0, 0.05) is 19.8 Å². The Hall–Kier alpha value is -0.250. The second-order valence-electron chi connectivity index (χ2n) is 7.35. The Labute approximate surface area is 229 Å². The number of unbranched alkanes of at least 4 members (excludes halogenated alkanes) is 3. The highest BCUT2D eigenvalue weighted by atomic mass is 31.2. The van der Waals surface area contributed by atoms with E-state index in [9.17, 15) is 0 Å². The summed E-state index contributed by atoms with van der Waals surface area (Å²) in [5, 5.41) is 25.0. The van der Waals surface area contributed by atoms with Crippen LogP contribution in [0.25, 0.3) is 0 Å². The highest BCUT2D eigenvalue weighted by Crippen LogP contribution is 2.03. The van der Waals surface area contributed by atoms with Gasteiger partial charge < -0.3 is 63.0 Å². The molecule has 0 fully saturated rings. The zero-order valence-corrected chi connectivity index (χ0v) is 24.6. The summed E-state index contributed by atoms with van der Waals surface area (Å²) in [7, 11) is -5.39. The van der Waals surface area contributed by atoms with Crippen LogP contribution in [0.2, 0.25) is 0 Å². The van der Waals surface area contributed by atoms with Crippen molar-refractivity contribution in [2.45, 2.75) is 59.3 Å². The maximum Gasteiger partial charge on any atom is 0.0701 e. The molecule has 0 saturated carbocycles. The Balaban J connectivity index is -0.000000209. The lowest BCUT2D eigenvalue weighted by molar-refractivity contribution is -0.432. The van der Waals surface area contributed by atoms with Crippen molar-refractivity contribution in [1.29, 1.82) is 0 Å². The van der Waals surface area contributed by atoms with Gasteiger partial charge >= 0.3 is 0 Å². The van der Waals surface area contributed by atoms with Crippen LogP contribution in [-0.2, 0) is 33.0 Å². The monoisotopic (exact) mass is 581 g/mol. The van der Waals surface area contributed by atoms with E-state index in [-0.39, 0.29) is 19.8 Å². The van der Waals surface area contributed by atoms with Crippen LogP contribution in [-0.4, -0.2) is 114 Å². The highest BCUT2D eigenvalue weighted by Gasteiger charge is 1.89. The molecule has 0 atom stereocenters. The van der Waals surface area contributed by atoms with Crippen LogP contribution in [0.4, 0.5) is 0 Å². The van der Waals surface area contributed by atoms with Crippen LogP contribution in [0.1, 0.15) is 59.3 Å². The topological polar surface area (TPSA) is 202 Å². The number of ether oxygens (including phenoxy) is 6. The molecule has 0 aliphatic carbocycles. The molecule has 14 heteroatoms. The molecule has 0 saturated heterocycles. The standard InChI is InChI=1S/3C8H18O3.H3O4P/c3*1-2-3-5-10-7-8-11-6-4-9;1-5(2,3)4/h3*9H,2-8H2,1H3;(H3,1,2,3,4)/p-3. The minimum atomic E-state index is -5.39. The summed E-state index contributed by atoms with van der Waals surface area (Å²) in [6.07, 6.45) is 6.83. The van der Waals surface area contributed by atoms with Gasteiger partial charge in [-0.15, -0.1) is 0 Å². The van der Waals surface area contributed by atoms with Crippen molar-refractivity contribution in [2.24, 2.45) is 0 Å². The third-order valence-corrected chi connectivity index (χ3v) is 3.75. The molecule has 0 aromatic rings. The van der Waals surface area contributed by atoms with Crippen molar-refractivity contribution in [3.8, 4) is 0 Å². The van der Waals surface area contributed by atoms with Crippen LogP contribution in [0.5, 0.6) is 0 Å². The highest BCUT2D eigenvalue weighted by molar-refractivity contribution is 7.40. The fourth-order valence-corrected chi connectivity index (χ4v) is 1.90. The molecule has 0 spiro atoms. The minimum absolute atomic E-state index is 0.0922. The van der Waals surface area contributed by atoms with E-state index in [1.807, 2.05) is 0 Å². The zero-order valence-electron chi connectivity index (χ0n) is 23.7. The number of hydrogen-bond donors (Lipinski definition) is 3. The normalized spacial score (nSPS) is 10.6. The number of aliphatic hydroxyl groups excluding tert-OH is 3. The first-order valence-corrected chi connectivity index (χ1v) is 14.7. The van der Waals surface area contributed by atoms with Crippen molar-refractivity contribution < 1.29 is 63.0 Å². The fraction of sp³-hybridized carbons (Fsp3) is 1.00. The van der Waals surface area contributed by atoms with E-state index in [2.05, 4.69) is 20.8 Å². The van der Waals surface area contributed by atoms with Crippen LogP contribution in [0.15, 0.2) is 0 Å². The van der Waals surface area contributed by atoms with Crippen LogP contribution in [0, 0.1) is 0 Å². The third-order valence-electron chi connectivity index (χ3n) is 3.75. The van der Waals surface area contributed by atoms with Crippen LogP contribution >= 0.6 is 7.82 Å². The van der Waals surface area contributed by atoms with Crippen molar-refractivity contribution in [3.05, 3.63) is 0 Å². The van der Waals surface area contributed by atoms with E-state index in [1.54, 1.807) is 0 Å². The summed E-state index contributed by atoms with van der Waals surface area (Å²) < 4.78 is 39.2. The van der Waals surface area contributed by atoms with Gasteiger partial charge in [0.2, 0.25) is 0 Å². The van der Waals surface area contributed by atoms with E-state index < -0.39 is 7.82 Å². The van der Waals surface area contributed by atoms with E-state index in [1.165, 1.54) is 0 Å². The number of phosphoric acid groups is 1. The molecule has 0 rings (SSSR count). The number of rotatable bonds is 24. The summed E-state index contributed by atoms with van der Waals surface area (Å²) >= 11 is 0. The van der Waals surface area contributed by atoms with Gasteiger partial charge in [0.15, 0.2) is 0 Å². The molecule has 0 bridgehead atoms. The second kappa shape index (κ2) is 43.8. The molecule has 3 N–H and O–H groups in total. The quantitative estimate of drug-likeness (QED) is 0.0983. The molecule has 0 aromatic carbocycles. The summed E-state index contributed by atoms with van der Waals surface area (Å²) in [6, 6.07) is 0. The Bertz CT molecular complexity index is 340. The SMILES string of the molecule is CCCCOCCOCCO.CCCCOCCOCCO.CCCCOCCOCCO.O=P([O-])([O-])[O-]. The first kappa shape index (κ1) is 44.8. The van der Waals surface area contributed by atoms with E-state index in [4.69, 9.17) is 63.0 Å². The average molecular weight is 582 g/mol. The summed E-state index contributed by atoms with van der Waals surface area (Å²) in [5.41, 5.74) is 0. The maximum absolute atomic E-state index is 8.55. The smallest absolute Gasteiger partial charge is 0.0701 e. The Kier molecular flexibility index (Phi) is 51.6. The molecular weight excluding hydrogens is 527 g/mol. The van der Waals surface area contributed by atoms with Gasteiger partial charge in [0.1, 0.15) is 0 Å². The molecule has 38 heavy (non-hydrogen) atoms. The lowest BCUT2D eigenvalue weighted by Gasteiger charge is -2.36. The molecule has 0 amide bonds. The van der Waals surface area contributed by atoms with Crippen molar-refractivity contribution in [1.82, 2.24) is 0 Å². The lowest BCUT2D eigenvalue weighted by atomic mass is 10.4. The summed E-state index contributed by atoms with van der Waals surface area (Å²) in [6.45, 7) is 14.0. The van der Waals surface area contributed by atoms with Crippen molar-refractivity contribution in [3.63, 3.8) is 0 Å². The van der Waals surface area contributed by atoms with Crippen LogP contribution in [0.3, 0.4) is 0 Å². The first-order valence-electron chi connectivity index (χ1n) is 13.3. The van der Waals surface area contributed by atoms with Gasteiger partial charge in [-0.05, 0) is 19.3 Å². The van der Waals surface area contributed by atoms with Crippen LogP contribution < -0.4 is 14.7 Å². The van der Waals surface area contributed by atoms with Crippen molar-refractivity contribution in [2.75, 3.05) is 99.1 Å². The van der Waals surface area contributed by atoms with E-state index >= 15 is 0 Å². The van der Waals surface area contributed by atoms with Crippen molar-refractivity contribution >= 4 is 7.82 Å². The molecule has 13 nitrogen and oxygen atoms in total. The maximum atomic E-state index is 8.55. The second-order valence-corrected chi connectivity index (χ2v) is 8.25. The first-order chi connectivity index (χ1) is 18.2. The third kappa shape index (κ3) is 76.5. The molecule has 236 valence electrons. The molecule has 0 unspecified atom stereocenters. The largest absolute Gasteiger partial charge is 0.822 e. The van der Waals surface area contributed by atoms with E-state index in [0.717, 1.165) is 58.3 Å². The van der Waals surface area contributed by atoms with Gasteiger partial charge in [-0.3, -0.25) is 0 Å². The Morgan fingerprint density at radius 3 is 0.789 bits per heavy atom. The summed E-state index contributed by atoms with van der Waals surface area (Å²) in [5.74, 6) is 0. The van der Waals surface area contributed by atoms with Gasteiger partial charge in [0.25, 0.3) is 0 Å². The van der Waals surface area contributed by atoms with Gasteiger partial charge in [-0.1, -0.05) is 40.0 Å². The molecule has 0 aliphatic heterocycles. The fourth-order valence-electron chi connectivity index (χ4n) is 1.90.